The molecule has 3 aromatic rings. The van der Waals surface area contributed by atoms with Crippen LogP contribution in [-0.2, 0) is 0 Å². The average molecular weight is 489 g/mol. The number of urea groups is 1. The fourth-order valence-corrected chi connectivity index (χ4v) is 3.95. The third kappa shape index (κ3) is 5.61. The summed E-state index contributed by atoms with van der Waals surface area (Å²) in [4.78, 5) is 25.5. The van der Waals surface area contributed by atoms with E-state index in [1.165, 1.54) is 35.4 Å². The van der Waals surface area contributed by atoms with Crippen molar-refractivity contribution in [2.75, 3.05) is 28.2 Å². The van der Waals surface area contributed by atoms with E-state index in [0.29, 0.717) is 42.3 Å². The van der Waals surface area contributed by atoms with E-state index in [0.717, 1.165) is 6.07 Å². The van der Waals surface area contributed by atoms with Gasteiger partial charge in [-0.15, -0.1) is 13.2 Å². The van der Waals surface area contributed by atoms with Gasteiger partial charge in [-0.3, -0.25) is 10.2 Å². The van der Waals surface area contributed by atoms with Crippen molar-refractivity contribution in [3.63, 3.8) is 0 Å². The molecule has 11 heteroatoms. The number of nitrogens with zero attached hydrogens (tertiary/aromatic N) is 4. The molecule has 0 bridgehead atoms. The number of nitrogens with one attached hydrogen (secondary N) is 1. The summed E-state index contributed by atoms with van der Waals surface area (Å²) >= 11 is 0. The number of carbonyl (C=O) groups excluding carboxylic acids is 1. The molecular formula is C24H23F4N5O2. The number of halogens is 4. The van der Waals surface area contributed by atoms with E-state index in [1.807, 2.05) is 13.8 Å². The van der Waals surface area contributed by atoms with Crippen molar-refractivity contribution >= 4 is 23.4 Å². The monoisotopic (exact) mass is 489 g/mol. The van der Waals surface area contributed by atoms with E-state index >= 15 is 0 Å². The van der Waals surface area contributed by atoms with E-state index in [-0.39, 0.29) is 17.6 Å². The molecule has 1 aliphatic rings. The van der Waals surface area contributed by atoms with E-state index in [9.17, 15) is 22.4 Å². The lowest BCUT2D eigenvalue weighted by Crippen LogP contribution is -2.42. The van der Waals surface area contributed by atoms with Crippen molar-refractivity contribution in [2.45, 2.75) is 32.7 Å². The molecule has 4 rings (SSSR count). The van der Waals surface area contributed by atoms with E-state index < -0.39 is 18.2 Å². The summed E-state index contributed by atoms with van der Waals surface area (Å²) in [5, 5.41) is 2.61. The zero-order chi connectivity index (χ0) is 25.2. The van der Waals surface area contributed by atoms with Crippen LogP contribution in [0.3, 0.4) is 0 Å². The van der Waals surface area contributed by atoms with Crippen LogP contribution in [0.4, 0.5) is 39.7 Å². The van der Waals surface area contributed by atoms with Gasteiger partial charge in [0.2, 0.25) is 0 Å². The molecule has 1 aliphatic heterocycles. The summed E-state index contributed by atoms with van der Waals surface area (Å²) in [6.07, 6.45) is -2.94. The Morgan fingerprint density at radius 1 is 1.20 bits per heavy atom. The number of anilines is 3. The number of amides is 2. The van der Waals surface area contributed by atoms with Crippen molar-refractivity contribution in [3.05, 3.63) is 60.5 Å². The second-order valence-electron chi connectivity index (χ2n) is 7.99. The molecule has 0 aliphatic carbocycles. The molecule has 3 heterocycles. The van der Waals surface area contributed by atoms with Crippen molar-refractivity contribution in [1.82, 2.24) is 9.97 Å². The molecule has 1 atom stereocenters. The summed E-state index contributed by atoms with van der Waals surface area (Å²) in [5.41, 5.74) is 1.45. The van der Waals surface area contributed by atoms with Gasteiger partial charge in [-0.25, -0.2) is 19.2 Å². The quantitative estimate of drug-likeness (QED) is 0.467. The molecular weight excluding hydrogens is 466 g/mol. The Bertz CT molecular complexity index is 1220. The van der Waals surface area contributed by atoms with Crippen LogP contribution in [0.2, 0.25) is 0 Å². The molecule has 2 aromatic heterocycles. The minimum atomic E-state index is -4.82. The van der Waals surface area contributed by atoms with Gasteiger partial charge in [-0.1, -0.05) is 12.1 Å². The fraction of sp³-hybridized carbons (Fsp3) is 0.292. The number of hydrogen-bond donors (Lipinski definition) is 1. The minimum Gasteiger partial charge on any atom is -0.406 e. The second-order valence-corrected chi connectivity index (χ2v) is 7.99. The first-order valence-electron chi connectivity index (χ1n) is 11.0. The van der Waals surface area contributed by atoms with Crippen LogP contribution < -0.4 is 19.9 Å². The van der Waals surface area contributed by atoms with Gasteiger partial charge in [0, 0.05) is 37.0 Å². The maximum atomic E-state index is 13.6. The van der Waals surface area contributed by atoms with Gasteiger partial charge in [0.1, 0.15) is 17.4 Å². The number of aromatic nitrogens is 2. The molecule has 0 saturated carbocycles. The third-order valence-corrected chi connectivity index (χ3v) is 5.60. The number of carbonyl (C=O) groups is 1. The number of alkyl halides is 3. The molecule has 0 unspecified atom stereocenters. The van der Waals surface area contributed by atoms with Gasteiger partial charge in [0.05, 0.1) is 11.4 Å². The minimum absolute atomic E-state index is 0.0495. The second kappa shape index (κ2) is 9.77. The van der Waals surface area contributed by atoms with Crippen LogP contribution in [0.15, 0.2) is 54.7 Å². The van der Waals surface area contributed by atoms with E-state index in [1.54, 1.807) is 18.2 Å². The van der Waals surface area contributed by atoms with Crippen molar-refractivity contribution in [2.24, 2.45) is 0 Å². The van der Waals surface area contributed by atoms with Gasteiger partial charge in [-0.05, 0) is 50.6 Å². The van der Waals surface area contributed by atoms with Crippen LogP contribution in [0.5, 0.6) is 5.75 Å². The maximum Gasteiger partial charge on any atom is 0.573 e. The number of fused-ring (bicyclic) bond motifs is 1. The molecule has 1 N–H and O–H groups in total. The van der Waals surface area contributed by atoms with E-state index in [2.05, 4.69) is 24.9 Å². The highest BCUT2D eigenvalue weighted by atomic mass is 19.4. The van der Waals surface area contributed by atoms with E-state index in [4.69, 9.17) is 0 Å². The lowest BCUT2D eigenvalue weighted by molar-refractivity contribution is -0.274. The topological polar surface area (TPSA) is 70.6 Å². The molecule has 0 radical (unpaired) electrons. The molecule has 7 nitrogen and oxygen atoms in total. The number of ether oxygens (including phenoxy) is 1. The number of hydrogen-bond acceptors (Lipinski definition) is 5. The van der Waals surface area contributed by atoms with Crippen molar-refractivity contribution in [3.8, 4) is 17.0 Å². The van der Waals surface area contributed by atoms with Crippen LogP contribution in [-0.4, -0.2) is 41.5 Å². The SMILES string of the molecule is CCN1CC[C@@H](C)N(C(=O)Nc2cc(F)ccn2)c2nc(-c3cccc(OC(F)(F)F)c3)ccc21. The summed E-state index contributed by atoms with van der Waals surface area (Å²) in [7, 11) is 0. The standard InChI is InChI=1S/C24H23F4N5O2/c1-3-32-12-10-15(2)33(23(34)31-21-14-17(25)9-11-29-21)22-20(32)8-7-19(30-22)16-5-4-6-18(13-16)35-24(26,27)28/h4-9,11,13-15H,3,10,12H2,1-2H3,(H,29,31,34)/t15-/m1/s1. The third-order valence-electron chi connectivity index (χ3n) is 5.60. The Labute approximate surface area is 199 Å². The molecule has 2 amide bonds. The number of benzene rings is 1. The highest BCUT2D eigenvalue weighted by molar-refractivity contribution is 6.03. The average Bonchev–Trinajstić information content (AvgIpc) is 2.93. The highest BCUT2D eigenvalue weighted by Gasteiger charge is 2.32. The fourth-order valence-electron chi connectivity index (χ4n) is 3.95. The smallest absolute Gasteiger partial charge is 0.406 e. The zero-order valence-corrected chi connectivity index (χ0v) is 19.0. The van der Waals surface area contributed by atoms with Crippen LogP contribution in [0.1, 0.15) is 20.3 Å². The summed E-state index contributed by atoms with van der Waals surface area (Å²) < 4.78 is 55.7. The largest absolute Gasteiger partial charge is 0.573 e. The first-order valence-corrected chi connectivity index (χ1v) is 11.0. The zero-order valence-electron chi connectivity index (χ0n) is 19.0. The summed E-state index contributed by atoms with van der Waals surface area (Å²) in [6, 6.07) is 10.4. The Kier molecular flexibility index (Phi) is 6.77. The predicted molar refractivity (Wildman–Crippen MR) is 124 cm³/mol. The first-order chi connectivity index (χ1) is 16.6. The van der Waals surface area contributed by atoms with Gasteiger partial charge in [0.25, 0.3) is 0 Å². The molecule has 184 valence electrons. The van der Waals surface area contributed by atoms with Crippen LogP contribution >= 0.6 is 0 Å². The lowest BCUT2D eigenvalue weighted by atomic mass is 10.1. The molecule has 35 heavy (non-hydrogen) atoms. The Morgan fingerprint density at radius 2 is 2.00 bits per heavy atom. The van der Waals surface area contributed by atoms with Gasteiger partial charge >= 0.3 is 12.4 Å². The van der Waals surface area contributed by atoms with Crippen molar-refractivity contribution < 1.29 is 27.1 Å². The van der Waals surface area contributed by atoms with Crippen molar-refractivity contribution in [1.29, 1.82) is 0 Å². The molecule has 0 spiro atoms. The highest BCUT2D eigenvalue weighted by Crippen LogP contribution is 2.36. The van der Waals surface area contributed by atoms with Crippen LogP contribution in [0, 0.1) is 5.82 Å². The number of pyridine rings is 2. The molecule has 0 fully saturated rings. The van der Waals surface area contributed by atoms with Crippen LogP contribution in [0.25, 0.3) is 11.3 Å². The molecule has 0 saturated heterocycles. The number of rotatable bonds is 4. The Morgan fingerprint density at radius 3 is 2.71 bits per heavy atom. The predicted octanol–water partition coefficient (Wildman–Crippen LogP) is 5.84. The Hall–Kier alpha value is -3.89. The lowest BCUT2D eigenvalue weighted by Gasteiger charge is -2.28. The summed E-state index contributed by atoms with van der Waals surface area (Å²) in [5.74, 6) is -0.529. The summed E-state index contributed by atoms with van der Waals surface area (Å²) in [6.45, 7) is 5.18. The Balaban J connectivity index is 1.75. The normalized spacial score (nSPS) is 15.9. The molecule has 1 aromatic carbocycles. The maximum absolute atomic E-state index is 13.6. The van der Waals surface area contributed by atoms with Gasteiger partial charge in [-0.2, -0.15) is 0 Å². The first kappa shape index (κ1) is 24.2. The van der Waals surface area contributed by atoms with Gasteiger partial charge in [0.15, 0.2) is 5.82 Å². The van der Waals surface area contributed by atoms with Gasteiger partial charge < -0.3 is 9.64 Å².